The lowest BCUT2D eigenvalue weighted by atomic mass is 10.0. The van der Waals surface area contributed by atoms with Crippen LogP contribution in [0.3, 0.4) is 0 Å². The summed E-state index contributed by atoms with van der Waals surface area (Å²) in [7, 11) is -3.38. The third kappa shape index (κ3) is 4.26. The highest BCUT2D eigenvalue weighted by Crippen LogP contribution is 2.20. The van der Waals surface area contributed by atoms with Crippen molar-refractivity contribution in [2.24, 2.45) is 0 Å². The van der Waals surface area contributed by atoms with E-state index in [0.29, 0.717) is 19.5 Å². The molecule has 1 unspecified atom stereocenters. The van der Waals surface area contributed by atoms with Gasteiger partial charge in [-0.05, 0) is 25.0 Å². The van der Waals surface area contributed by atoms with Gasteiger partial charge in [0.1, 0.15) is 6.04 Å². The predicted molar refractivity (Wildman–Crippen MR) is 94.6 cm³/mol. The maximum Gasteiger partial charge on any atom is 0.238 e. The van der Waals surface area contributed by atoms with Crippen LogP contribution >= 0.6 is 0 Å². The minimum absolute atomic E-state index is 0.252. The monoisotopic (exact) mass is 362 g/mol. The minimum Gasteiger partial charge on any atom is -0.351 e. The maximum atomic E-state index is 12.5. The zero-order chi connectivity index (χ0) is 17.9. The summed E-state index contributed by atoms with van der Waals surface area (Å²) in [5.41, 5.74) is 1.80. The maximum absolute atomic E-state index is 12.5. The molecule has 1 amide bonds. The summed E-state index contributed by atoms with van der Waals surface area (Å²) in [5.74, 6) is -0.252. The van der Waals surface area contributed by atoms with E-state index in [2.05, 4.69) is 10.4 Å². The second-order valence-electron chi connectivity index (χ2n) is 6.23. The van der Waals surface area contributed by atoms with Crippen LogP contribution in [0.2, 0.25) is 0 Å². The quantitative estimate of drug-likeness (QED) is 0.869. The number of nitrogens with zero attached hydrogens (tertiary/aromatic N) is 3. The average Bonchev–Trinajstić information content (AvgIpc) is 3.09. The molecule has 25 heavy (non-hydrogen) atoms. The number of aromatic nitrogens is 2. The summed E-state index contributed by atoms with van der Waals surface area (Å²) in [6.07, 6.45) is 6.91. The molecule has 3 rings (SSSR count). The summed E-state index contributed by atoms with van der Waals surface area (Å²) < 4.78 is 26.8. The summed E-state index contributed by atoms with van der Waals surface area (Å²) in [6.45, 7) is 0.725. The molecule has 2 heterocycles. The summed E-state index contributed by atoms with van der Waals surface area (Å²) in [5, 5.41) is 7.13. The molecule has 1 fully saturated rings. The van der Waals surface area contributed by atoms with Gasteiger partial charge in [0.05, 0.1) is 18.1 Å². The molecule has 8 heteroatoms. The number of hydrogen-bond acceptors (Lipinski definition) is 4. The Bertz CT molecular complexity index is 833. The number of rotatable bonds is 5. The second kappa shape index (κ2) is 7.37. The van der Waals surface area contributed by atoms with Gasteiger partial charge >= 0.3 is 0 Å². The van der Waals surface area contributed by atoms with Crippen LogP contribution in [0.4, 0.5) is 0 Å². The molecule has 1 aliphatic heterocycles. The molecule has 1 aliphatic rings. The molecular formula is C17H22N4O3S. The van der Waals surface area contributed by atoms with Gasteiger partial charge in [0.25, 0.3) is 0 Å². The first kappa shape index (κ1) is 17.6. The minimum atomic E-state index is -3.38. The average molecular weight is 362 g/mol. The zero-order valence-corrected chi connectivity index (χ0v) is 14.9. The first-order valence-electron chi connectivity index (χ1n) is 8.28. The largest absolute Gasteiger partial charge is 0.351 e. The van der Waals surface area contributed by atoms with E-state index in [4.69, 9.17) is 0 Å². The number of para-hydroxylation sites is 1. The number of carbonyl (C=O) groups is 1. The Hall–Kier alpha value is -2.19. The Morgan fingerprint density at radius 1 is 1.28 bits per heavy atom. The van der Waals surface area contributed by atoms with Crippen LogP contribution in [-0.4, -0.2) is 47.3 Å². The van der Waals surface area contributed by atoms with Crippen LogP contribution in [0, 0.1) is 0 Å². The number of piperidine rings is 1. The fourth-order valence-corrected chi connectivity index (χ4v) is 4.17. The highest BCUT2D eigenvalue weighted by molar-refractivity contribution is 7.88. The van der Waals surface area contributed by atoms with Crippen molar-refractivity contribution in [1.82, 2.24) is 19.4 Å². The van der Waals surface area contributed by atoms with E-state index < -0.39 is 16.1 Å². The van der Waals surface area contributed by atoms with Crippen LogP contribution < -0.4 is 5.32 Å². The van der Waals surface area contributed by atoms with Crippen molar-refractivity contribution in [1.29, 1.82) is 0 Å². The van der Waals surface area contributed by atoms with Crippen molar-refractivity contribution >= 4 is 15.9 Å². The van der Waals surface area contributed by atoms with E-state index in [-0.39, 0.29) is 5.91 Å². The Kier molecular flexibility index (Phi) is 5.19. The molecular weight excluding hydrogens is 340 g/mol. The zero-order valence-electron chi connectivity index (χ0n) is 14.1. The molecule has 134 valence electrons. The smallest absolute Gasteiger partial charge is 0.238 e. The highest BCUT2D eigenvalue weighted by atomic mass is 32.2. The third-order valence-corrected chi connectivity index (χ3v) is 5.59. The molecule has 1 saturated heterocycles. The molecule has 7 nitrogen and oxygen atoms in total. The van der Waals surface area contributed by atoms with E-state index >= 15 is 0 Å². The second-order valence-corrected chi connectivity index (χ2v) is 8.17. The molecule has 0 saturated carbocycles. The van der Waals surface area contributed by atoms with Crippen molar-refractivity contribution in [2.75, 3.05) is 12.8 Å². The van der Waals surface area contributed by atoms with Crippen molar-refractivity contribution in [3.8, 4) is 5.69 Å². The lowest BCUT2D eigenvalue weighted by Crippen LogP contribution is -2.51. The van der Waals surface area contributed by atoms with Crippen LogP contribution in [0.25, 0.3) is 5.69 Å². The van der Waals surface area contributed by atoms with Crippen LogP contribution in [0.1, 0.15) is 24.8 Å². The number of nitrogens with one attached hydrogen (secondary N) is 1. The van der Waals surface area contributed by atoms with Gasteiger partial charge in [0.15, 0.2) is 0 Å². The van der Waals surface area contributed by atoms with E-state index in [9.17, 15) is 13.2 Å². The molecule has 1 atom stereocenters. The standard InChI is InChI=1S/C17H22N4O3S/c1-25(23,24)21-10-6-5-9-16(21)17(22)18-11-14-12-19-20(13-14)15-7-3-2-4-8-15/h2-4,7-8,12-13,16H,5-6,9-11H2,1H3,(H,18,22). The Morgan fingerprint density at radius 2 is 2.04 bits per heavy atom. The van der Waals surface area contributed by atoms with E-state index in [0.717, 1.165) is 30.3 Å². The number of benzene rings is 1. The number of hydrogen-bond donors (Lipinski definition) is 1. The van der Waals surface area contributed by atoms with Gasteiger partial charge in [-0.15, -0.1) is 0 Å². The molecule has 1 aromatic carbocycles. The van der Waals surface area contributed by atoms with Gasteiger partial charge in [-0.1, -0.05) is 24.6 Å². The molecule has 0 radical (unpaired) electrons. The fourth-order valence-electron chi connectivity index (χ4n) is 3.04. The Labute approximate surface area is 147 Å². The normalized spacial score (nSPS) is 18.8. The molecule has 0 bridgehead atoms. The lowest BCUT2D eigenvalue weighted by molar-refractivity contribution is -0.125. The topological polar surface area (TPSA) is 84.3 Å². The molecule has 1 N–H and O–H groups in total. The fraction of sp³-hybridized carbons (Fsp3) is 0.412. The van der Waals surface area contributed by atoms with Gasteiger partial charge in [-0.3, -0.25) is 4.79 Å². The summed E-state index contributed by atoms with van der Waals surface area (Å²) in [6, 6.07) is 9.07. The third-order valence-electron chi connectivity index (χ3n) is 4.31. The van der Waals surface area contributed by atoms with Gasteiger partial charge in [-0.2, -0.15) is 9.40 Å². The number of amides is 1. The van der Waals surface area contributed by atoms with E-state index in [1.165, 1.54) is 4.31 Å². The van der Waals surface area contributed by atoms with Crippen LogP contribution in [0.15, 0.2) is 42.7 Å². The van der Waals surface area contributed by atoms with Crippen molar-refractivity contribution in [3.05, 3.63) is 48.3 Å². The Morgan fingerprint density at radius 3 is 2.76 bits per heavy atom. The van der Waals surface area contributed by atoms with Crippen LogP contribution in [0.5, 0.6) is 0 Å². The first-order chi connectivity index (χ1) is 11.9. The Balaban J connectivity index is 1.63. The molecule has 0 aliphatic carbocycles. The number of sulfonamides is 1. The van der Waals surface area contributed by atoms with Crippen molar-refractivity contribution < 1.29 is 13.2 Å². The molecule has 2 aromatic rings. The predicted octanol–water partition coefficient (Wildman–Crippen LogP) is 1.30. The molecule has 1 aromatic heterocycles. The number of carbonyl (C=O) groups excluding carboxylic acids is 1. The molecule has 0 spiro atoms. The van der Waals surface area contributed by atoms with E-state index in [1.54, 1.807) is 10.9 Å². The van der Waals surface area contributed by atoms with Gasteiger partial charge < -0.3 is 5.32 Å². The van der Waals surface area contributed by atoms with E-state index in [1.807, 2.05) is 36.5 Å². The lowest BCUT2D eigenvalue weighted by Gasteiger charge is -2.32. The summed E-state index contributed by atoms with van der Waals surface area (Å²) in [4.78, 5) is 12.5. The SMILES string of the molecule is CS(=O)(=O)N1CCCCC1C(=O)NCc1cnn(-c2ccccc2)c1. The van der Waals surface area contributed by atoms with Crippen molar-refractivity contribution in [2.45, 2.75) is 31.8 Å². The van der Waals surface area contributed by atoms with Gasteiger partial charge in [0.2, 0.25) is 15.9 Å². The first-order valence-corrected chi connectivity index (χ1v) is 10.1. The highest BCUT2D eigenvalue weighted by Gasteiger charge is 2.34. The summed E-state index contributed by atoms with van der Waals surface area (Å²) >= 11 is 0. The van der Waals surface area contributed by atoms with Crippen LogP contribution in [-0.2, 0) is 21.4 Å². The van der Waals surface area contributed by atoms with Gasteiger partial charge in [-0.25, -0.2) is 13.1 Å². The van der Waals surface area contributed by atoms with Crippen molar-refractivity contribution in [3.63, 3.8) is 0 Å². The van der Waals surface area contributed by atoms with Gasteiger partial charge in [0, 0.05) is 24.8 Å².